The van der Waals surface area contributed by atoms with E-state index in [1.54, 1.807) is 24.1 Å². The van der Waals surface area contributed by atoms with E-state index < -0.39 is 4.92 Å². The Hall–Kier alpha value is -3.75. The summed E-state index contributed by atoms with van der Waals surface area (Å²) in [6.45, 7) is 1.03. The molecule has 0 aromatic heterocycles. The molecule has 2 aromatic carbocycles. The molecule has 0 bridgehead atoms. The third-order valence-corrected chi connectivity index (χ3v) is 7.55. The highest BCUT2D eigenvalue weighted by atomic mass is 16.6. The number of nitrogens with two attached hydrogens (primary N) is 1. The van der Waals surface area contributed by atoms with Crippen molar-refractivity contribution in [3.05, 3.63) is 69.5 Å². The standard InChI is InChI=1S/C27H33N5O4/c1-36-21-12-9-18(10-13-21)17-31-25(26(28)29-19-6-3-2-4-7-19)22-16-20(32(34)35)11-14-23(22)30-15-5-8-24(30)27(31)33/h9-14,16,19,24,29H,2-8,15,17,28H2,1H3/b26-25+/t24-/m0/s1. The Morgan fingerprint density at radius 2 is 1.86 bits per heavy atom. The van der Waals surface area contributed by atoms with E-state index in [2.05, 4.69) is 10.2 Å². The summed E-state index contributed by atoms with van der Waals surface area (Å²) in [5.41, 5.74) is 9.62. The van der Waals surface area contributed by atoms with Crippen LogP contribution in [0.25, 0.3) is 5.70 Å². The molecule has 190 valence electrons. The lowest BCUT2D eigenvalue weighted by atomic mass is 9.95. The highest BCUT2D eigenvalue weighted by Gasteiger charge is 2.41. The number of ether oxygens (including phenoxy) is 1. The quantitative estimate of drug-likeness (QED) is 0.461. The maximum Gasteiger partial charge on any atom is 0.270 e. The number of anilines is 1. The van der Waals surface area contributed by atoms with Gasteiger partial charge in [-0.3, -0.25) is 14.9 Å². The van der Waals surface area contributed by atoms with E-state index in [1.165, 1.54) is 12.5 Å². The van der Waals surface area contributed by atoms with Crippen LogP contribution in [0.3, 0.4) is 0 Å². The summed E-state index contributed by atoms with van der Waals surface area (Å²) in [6.07, 6.45) is 7.12. The lowest BCUT2D eigenvalue weighted by Gasteiger charge is -2.30. The number of nitrogens with one attached hydrogen (secondary N) is 1. The van der Waals surface area contributed by atoms with Gasteiger partial charge in [0, 0.05) is 36.0 Å². The number of fused-ring (bicyclic) bond motifs is 3. The molecule has 3 N–H and O–H groups in total. The lowest BCUT2D eigenvalue weighted by molar-refractivity contribution is -0.384. The highest BCUT2D eigenvalue weighted by Crippen LogP contribution is 2.41. The third kappa shape index (κ3) is 4.57. The fourth-order valence-electron chi connectivity index (χ4n) is 5.72. The number of nitro groups is 1. The number of amides is 1. The van der Waals surface area contributed by atoms with Crippen LogP contribution in [0.1, 0.15) is 56.1 Å². The Morgan fingerprint density at radius 3 is 2.56 bits per heavy atom. The number of carbonyl (C=O) groups excluding carboxylic acids is 1. The van der Waals surface area contributed by atoms with Crippen molar-refractivity contribution in [2.45, 2.75) is 63.6 Å². The zero-order valence-electron chi connectivity index (χ0n) is 20.6. The molecule has 2 aromatic rings. The normalized spacial score (nSPS) is 21.5. The van der Waals surface area contributed by atoms with E-state index in [9.17, 15) is 14.9 Å². The first-order chi connectivity index (χ1) is 17.5. The maximum atomic E-state index is 14.1. The molecule has 9 heteroatoms. The SMILES string of the molecule is COc1ccc(CN2C(=O)[C@@H]3CCCN3c3ccc([N+](=O)[O-])cc3/C2=C(/N)NC2CCCCC2)cc1. The number of benzene rings is 2. The molecule has 3 aliphatic rings. The van der Waals surface area contributed by atoms with Gasteiger partial charge in [0.15, 0.2) is 0 Å². The van der Waals surface area contributed by atoms with Crippen LogP contribution in [0, 0.1) is 10.1 Å². The van der Waals surface area contributed by atoms with Crippen LogP contribution in [0.4, 0.5) is 11.4 Å². The minimum absolute atomic E-state index is 0.0220. The van der Waals surface area contributed by atoms with Crippen molar-refractivity contribution in [3.63, 3.8) is 0 Å². The first-order valence-electron chi connectivity index (χ1n) is 12.7. The van der Waals surface area contributed by atoms with Crippen LogP contribution >= 0.6 is 0 Å². The van der Waals surface area contributed by atoms with E-state index in [0.717, 1.165) is 62.1 Å². The molecule has 2 aliphatic heterocycles. The molecular weight excluding hydrogens is 458 g/mol. The predicted molar refractivity (Wildman–Crippen MR) is 138 cm³/mol. The first kappa shape index (κ1) is 24.0. The van der Waals surface area contributed by atoms with Crippen molar-refractivity contribution in [2.24, 2.45) is 5.73 Å². The number of carbonyl (C=O) groups is 1. The van der Waals surface area contributed by atoms with Gasteiger partial charge >= 0.3 is 0 Å². The Bertz CT molecular complexity index is 1170. The predicted octanol–water partition coefficient (Wildman–Crippen LogP) is 4.12. The van der Waals surface area contributed by atoms with Crippen LogP contribution < -0.4 is 20.7 Å². The Balaban J connectivity index is 1.65. The van der Waals surface area contributed by atoms with E-state index >= 15 is 0 Å². The number of nitro benzene ring substituents is 1. The van der Waals surface area contributed by atoms with Crippen molar-refractivity contribution >= 4 is 23.0 Å². The molecular formula is C27H33N5O4. The molecule has 1 amide bonds. The summed E-state index contributed by atoms with van der Waals surface area (Å²) in [5.74, 6) is 1.09. The van der Waals surface area contributed by atoms with Gasteiger partial charge in [-0.15, -0.1) is 0 Å². The second-order valence-corrected chi connectivity index (χ2v) is 9.82. The summed E-state index contributed by atoms with van der Waals surface area (Å²) in [6, 6.07) is 12.3. The second-order valence-electron chi connectivity index (χ2n) is 9.82. The minimum atomic E-state index is -0.398. The molecule has 1 saturated heterocycles. The molecule has 5 rings (SSSR count). The van der Waals surface area contributed by atoms with Gasteiger partial charge < -0.3 is 25.6 Å². The lowest BCUT2D eigenvalue weighted by Crippen LogP contribution is -2.44. The second kappa shape index (κ2) is 10.1. The largest absolute Gasteiger partial charge is 0.497 e. The van der Waals surface area contributed by atoms with E-state index in [1.807, 2.05) is 24.3 Å². The van der Waals surface area contributed by atoms with Crippen molar-refractivity contribution in [3.8, 4) is 5.75 Å². The van der Waals surface area contributed by atoms with E-state index in [0.29, 0.717) is 23.6 Å². The summed E-state index contributed by atoms with van der Waals surface area (Å²) in [5, 5.41) is 15.2. The molecule has 1 atom stereocenters. The third-order valence-electron chi connectivity index (χ3n) is 7.55. The summed E-state index contributed by atoms with van der Waals surface area (Å²) >= 11 is 0. The zero-order valence-corrected chi connectivity index (χ0v) is 20.6. The summed E-state index contributed by atoms with van der Waals surface area (Å²) < 4.78 is 5.29. The van der Waals surface area contributed by atoms with Crippen molar-refractivity contribution in [2.75, 3.05) is 18.6 Å². The van der Waals surface area contributed by atoms with Gasteiger partial charge in [0.1, 0.15) is 17.6 Å². The van der Waals surface area contributed by atoms with Gasteiger partial charge in [-0.25, -0.2) is 0 Å². The van der Waals surface area contributed by atoms with Crippen LogP contribution in [0.15, 0.2) is 48.3 Å². The Kier molecular flexibility index (Phi) is 6.71. The van der Waals surface area contributed by atoms with Gasteiger partial charge in [0.2, 0.25) is 5.91 Å². The average Bonchev–Trinajstić information content (AvgIpc) is 3.35. The minimum Gasteiger partial charge on any atom is -0.497 e. The first-order valence-corrected chi connectivity index (χ1v) is 12.7. The van der Waals surface area contributed by atoms with Crippen molar-refractivity contribution < 1.29 is 14.5 Å². The number of rotatable bonds is 6. The fraction of sp³-hybridized carbons (Fsp3) is 0.444. The molecule has 0 unspecified atom stereocenters. The molecule has 0 spiro atoms. The topological polar surface area (TPSA) is 114 Å². The monoisotopic (exact) mass is 491 g/mol. The molecule has 1 saturated carbocycles. The average molecular weight is 492 g/mol. The van der Waals surface area contributed by atoms with Crippen LogP contribution in [0.2, 0.25) is 0 Å². The number of nitrogens with zero attached hydrogens (tertiary/aromatic N) is 3. The van der Waals surface area contributed by atoms with Crippen LogP contribution in [0.5, 0.6) is 5.75 Å². The van der Waals surface area contributed by atoms with Gasteiger partial charge in [-0.05, 0) is 49.4 Å². The van der Waals surface area contributed by atoms with Crippen molar-refractivity contribution in [1.29, 1.82) is 0 Å². The van der Waals surface area contributed by atoms with Crippen LogP contribution in [-0.4, -0.2) is 41.5 Å². The fourth-order valence-corrected chi connectivity index (χ4v) is 5.72. The number of hydrogen-bond donors (Lipinski definition) is 2. The maximum absolute atomic E-state index is 14.1. The van der Waals surface area contributed by atoms with E-state index in [-0.39, 0.29) is 23.7 Å². The summed E-state index contributed by atoms with van der Waals surface area (Å²) in [7, 11) is 1.62. The Labute approximate surface area is 211 Å². The zero-order chi connectivity index (χ0) is 25.2. The van der Waals surface area contributed by atoms with Crippen LogP contribution in [-0.2, 0) is 11.3 Å². The molecule has 2 heterocycles. The number of hydrogen-bond acceptors (Lipinski definition) is 7. The molecule has 9 nitrogen and oxygen atoms in total. The van der Waals surface area contributed by atoms with Crippen molar-refractivity contribution in [1.82, 2.24) is 10.2 Å². The van der Waals surface area contributed by atoms with Gasteiger partial charge in [0.25, 0.3) is 5.69 Å². The number of methoxy groups -OCH3 is 1. The van der Waals surface area contributed by atoms with E-state index in [4.69, 9.17) is 10.5 Å². The Morgan fingerprint density at radius 1 is 1.11 bits per heavy atom. The number of non-ortho nitro benzene ring substituents is 1. The van der Waals surface area contributed by atoms with Gasteiger partial charge in [-0.2, -0.15) is 0 Å². The molecule has 0 radical (unpaired) electrons. The molecule has 2 fully saturated rings. The smallest absolute Gasteiger partial charge is 0.270 e. The molecule has 1 aliphatic carbocycles. The van der Waals surface area contributed by atoms with Gasteiger partial charge in [-0.1, -0.05) is 31.4 Å². The highest BCUT2D eigenvalue weighted by molar-refractivity contribution is 5.99. The molecule has 36 heavy (non-hydrogen) atoms. The summed E-state index contributed by atoms with van der Waals surface area (Å²) in [4.78, 5) is 29.2. The van der Waals surface area contributed by atoms with Gasteiger partial charge in [0.05, 0.1) is 24.3 Å².